The van der Waals surface area contributed by atoms with Crippen molar-refractivity contribution in [1.29, 1.82) is 0 Å². The van der Waals surface area contributed by atoms with Crippen molar-refractivity contribution in [2.24, 2.45) is 0 Å². The number of aromatic nitrogens is 6. The average molecular weight is 564 g/mol. The molecule has 1 aromatic carbocycles. The van der Waals surface area contributed by atoms with E-state index < -0.39 is 42.4 Å². The van der Waals surface area contributed by atoms with Crippen molar-refractivity contribution in [2.45, 2.75) is 56.2 Å². The molecule has 0 aliphatic carbocycles. The van der Waals surface area contributed by atoms with E-state index >= 15 is 0 Å². The van der Waals surface area contributed by atoms with Crippen LogP contribution < -0.4 is 10.1 Å². The van der Waals surface area contributed by atoms with E-state index in [-0.39, 0.29) is 24.3 Å². The number of thioether (sulfide) groups is 1. The molecule has 0 radical (unpaired) electrons. The van der Waals surface area contributed by atoms with Crippen LogP contribution in [0.15, 0.2) is 33.8 Å². The highest BCUT2D eigenvalue weighted by Gasteiger charge is 2.47. The van der Waals surface area contributed by atoms with E-state index in [9.17, 15) is 14.4 Å². The summed E-state index contributed by atoms with van der Waals surface area (Å²) in [4.78, 5) is 35.1. The number of nitrogens with zero attached hydrogens (tertiary/aromatic N) is 6. The molecule has 39 heavy (non-hydrogen) atoms. The van der Waals surface area contributed by atoms with Crippen molar-refractivity contribution in [3.8, 4) is 11.4 Å². The Kier molecular flexibility index (Phi) is 8.92. The Morgan fingerprint density at radius 3 is 2.36 bits per heavy atom. The Labute approximate surface area is 225 Å². The van der Waals surface area contributed by atoms with Crippen molar-refractivity contribution in [3.63, 3.8) is 0 Å². The van der Waals surface area contributed by atoms with Crippen LogP contribution in [0.5, 0.6) is 5.75 Å². The first kappa shape index (κ1) is 27.8. The zero-order valence-corrected chi connectivity index (χ0v) is 22.1. The molecule has 0 spiro atoms. The van der Waals surface area contributed by atoms with Gasteiger partial charge in [0.15, 0.2) is 24.5 Å². The molecule has 3 heterocycles. The molecule has 4 rings (SSSR count). The first-order chi connectivity index (χ1) is 18.7. The third kappa shape index (κ3) is 7.20. The smallest absolute Gasteiger partial charge is 0.317 e. The summed E-state index contributed by atoms with van der Waals surface area (Å²) in [5.74, 6) is -0.788. The summed E-state index contributed by atoms with van der Waals surface area (Å²) in [7, 11) is 1.58. The predicted molar refractivity (Wildman–Crippen MR) is 130 cm³/mol. The van der Waals surface area contributed by atoms with E-state index in [1.807, 2.05) is 12.1 Å². The molecule has 1 fully saturated rings. The number of nitrogens with one attached hydrogen (secondary N) is 1. The van der Waals surface area contributed by atoms with E-state index in [1.54, 1.807) is 23.9 Å². The lowest BCUT2D eigenvalue weighted by Gasteiger charge is -2.40. The molecule has 1 saturated heterocycles. The SMILES string of the molecule is COc1ccc(-n2nnnc2SCc2nnc(N[C@@H]3OC[C@@H](OC(C)=O)[C@H](OC(C)=O)[C@H]3OC(C)=O)o2)cc1. The molecule has 16 nitrogen and oxygen atoms in total. The third-order valence-corrected chi connectivity index (χ3v) is 6.07. The maximum atomic E-state index is 11.8. The van der Waals surface area contributed by atoms with Crippen molar-refractivity contribution >= 4 is 35.7 Å². The fourth-order valence-electron chi connectivity index (χ4n) is 3.64. The van der Waals surface area contributed by atoms with Gasteiger partial charge < -0.3 is 33.4 Å². The number of tetrazole rings is 1. The quantitative estimate of drug-likeness (QED) is 0.208. The predicted octanol–water partition coefficient (Wildman–Crippen LogP) is 0.909. The standard InChI is InChI=1S/C22H25N7O9S/c1-11(30)35-16-9-34-20(19(37-13(3)32)18(16)36-12(2)31)23-21-25-24-17(38-21)10-39-22-26-27-28-29(22)14-5-7-15(33-4)8-6-14/h5-8,16,18-20H,9-10H2,1-4H3,(H,23,25)/t16-,18+,19-,20-/m1/s1. The van der Waals surface area contributed by atoms with Crippen LogP contribution in [-0.2, 0) is 39.1 Å². The number of carbonyl (C=O) groups excluding carboxylic acids is 3. The third-order valence-electron chi connectivity index (χ3n) is 5.17. The second kappa shape index (κ2) is 12.5. The number of anilines is 1. The van der Waals surface area contributed by atoms with Crippen molar-refractivity contribution in [2.75, 3.05) is 19.0 Å². The fourth-order valence-corrected chi connectivity index (χ4v) is 4.37. The van der Waals surface area contributed by atoms with Gasteiger partial charge in [-0.1, -0.05) is 16.9 Å². The van der Waals surface area contributed by atoms with Crippen molar-refractivity contribution < 1.29 is 42.5 Å². The molecule has 0 unspecified atom stereocenters. The number of hydrogen-bond donors (Lipinski definition) is 1. The van der Waals surface area contributed by atoms with Gasteiger partial charge in [-0.2, -0.15) is 4.68 Å². The molecule has 3 aromatic rings. The lowest BCUT2D eigenvalue weighted by Crippen LogP contribution is -2.59. The minimum atomic E-state index is -1.19. The lowest BCUT2D eigenvalue weighted by atomic mass is 10.0. The minimum absolute atomic E-state index is 0.0463. The number of esters is 3. The van der Waals surface area contributed by atoms with E-state index in [2.05, 4.69) is 31.0 Å². The van der Waals surface area contributed by atoms with Crippen molar-refractivity contribution in [3.05, 3.63) is 30.2 Å². The van der Waals surface area contributed by atoms with Crippen LogP contribution in [0.25, 0.3) is 5.69 Å². The molecule has 0 amide bonds. The molecule has 4 atom stereocenters. The summed E-state index contributed by atoms with van der Waals surface area (Å²) in [5.41, 5.74) is 0.733. The van der Waals surface area contributed by atoms with E-state index in [4.69, 9.17) is 28.1 Å². The monoisotopic (exact) mass is 563 g/mol. The summed E-state index contributed by atoms with van der Waals surface area (Å²) in [6.07, 6.45) is -4.40. The molecular formula is C22H25N7O9S. The van der Waals surface area contributed by atoms with Gasteiger partial charge in [0.25, 0.3) is 0 Å². The second-order valence-corrected chi connectivity index (χ2v) is 9.00. The van der Waals surface area contributed by atoms with Crippen LogP contribution in [0.3, 0.4) is 0 Å². The van der Waals surface area contributed by atoms with Crippen LogP contribution >= 0.6 is 11.8 Å². The number of ether oxygens (including phenoxy) is 5. The molecule has 2 aromatic heterocycles. The van der Waals surface area contributed by atoms with Gasteiger partial charge in [0.05, 0.1) is 25.2 Å². The molecule has 1 N–H and O–H groups in total. The van der Waals surface area contributed by atoms with Gasteiger partial charge in [-0.15, -0.1) is 10.2 Å². The number of benzene rings is 1. The van der Waals surface area contributed by atoms with E-state index in [0.717, 1.165) is 5.69 Å². The Morgan fingerprint density at radius 2 is 1.69 bits per heavy atom. The topological polar surface area (TPSA) is 192 Å². The summed E-state index contributed by atoms with van der Waals surface area (Å²) in [5, 5.41) is 23.0. The maximum absolute atomic E-state index is 11.8. The summed E-state index contributed by atoms with van der Waals surface area (Å²) in [6, 6.07) is 7.16. The molecule has 1 aliphatic rings. The van der Waals surface area contributed by atoms with Gasteiger partial charge in [0, 0.05) is 20.8 Å². The summed E-state index contributed by atoms with van der Waals surface area (Å²) in [6.45, 7) is 3.40. The Bertz CT molecular complexity index is 1300. The molecular weight excluding hydrogens is 538 g/mol. The summed E-state index contributed by atoms with van der Waals surface area (Å²) < 4.78 is 34.0. The van der Waals surface area contributed by atoms with Gasteiger partial charge in [-0.3, -0.25) is 14.4 Å². The van der Waals surface area contributed by atoms with Crippen LogP contribution in [0.4, 0.5) is 6.01 Å². The fraction of sp³-hybridized carbons (Fsp3) is 0.455. The second-order valence-electron chi connectivity index (χ2n) is 8.06. The normalized spacial score (nSPS) is 20.6. The van der Waals surface area contributed by atoms with Gasteiger partial charge in [-0.05, 0) is 34.7 Å². The lowest BCUT2D eigenvalue weighted by molar-refractivity contribution is -0.221. The van der Waals surface area contributed by atoms with Crippen molar-refractivity contribution in [1.82, 2.24) is 30.4 Å². The number of methoxy groups -OCH3 is 1. The van der Waals surface area contributed by atoms with Crippen LogP contribution in [-0.4, -0.2) is 86.6 Å². The highest BCUT2D eigenvalue weighted by Crippen LogP contribution is 2.27. The van der Waals surface area contributed by atoms with E-state index in [1.165, 1.54) is 32.5 Å². The minimum Gasteiger partial charge on any atom is -0.497 e. The number of hydrogen-bond acceptors (Lipinski definition) is 16. The van der Waals surface area contributed by atoms with Gasteiger partial charge in [-0.25, -0.2) is 0 Å². The average Bonchev–Trinajstić information content (AvgIpc) is 3.55. The maximum Gasteiger partial charge on any atom is 0.317 e. The van der Waals surface area contributed by atoms with Gasteiger partial charge >= 0.3 is 23.9 Å². The molecule has 17 heteroatoms. The Balaban J connectivity index is 1.43. The number of rotatable bonds is 10. The van der Waals surface area contributed by atoms with Gasteiger partial charge in [0.2, 0.25) is 11.0 Å². The Hall–Kier alpha value is -4.25. The first-order valence-corrected chi connectivity index (χ1v) is 12.5. The van der Waals surface area contributed by atoms with Crippen LogP contribution in [0, 0.1) is 0 Å². The highest BCUT2D eigenvalue weighted by molar-refractivity contribution is 7.98. The highest BCUT2D eigenvalue weighted by atomic mass is 32.2. The van der Waals surface area contributed by atoms with Crippen LogP contribution in [0.1, 0.15) is 26.7 Å². The number of carbonyl (C=O) groups is 3. The summed E-state index contributed by atoms with van der Waals surface area (Å²) >= 11 is 1.26. The van der Waals surface area contributed by atoms with E-state index in [0.29, 0.717) is 10.9 Å². The van der Waals surface area contributed by atoms with Crippen LogP contribution in [0.2, 0.25) is 0 Å². The largest absolute Gasteiger partial charge is 0.497 e. The molecule has 0 bridgehead atoms. The zero-order valence-electron chi connectivity index (χ0n) is 21.3. The molecule has 0 saturated carbocycles. The first-order valence-electron chi connectivity index (χ1n) is 11.5. The molecule has 208 valence electrons. The zero-order chi connectivity index (χ0) is 27.9. The Morgan fingerprint density at radius 1 is 1.00 bits per heavy atom. The van der Waals surface area contributed by atoms with Gasteiger partial charge in [0.1, 0.15) is 5.75 Å². The molecule has 1 aliphatic heterocycles.